The van der Waals surface area contributed by atoms with Gasteiger partial charge in [-0.2, -0.15) is 0 Å². The molecule has 0 amide bonds. The first-order valence-electron chi connectivity index (χ1n) is 22.0. The highest BCUT2D eigenvalue weighted by molar-refractivity contribution is 6.30. The number of benzene rings is 12. The van der Waals surface area contributed by atoms with Crippen LogP contribution in [0.4, 0.5) is 34.1 Å². The van der Waals surface area contributed by atoms with Crippen molar-refractivity contribution < 1.29 is 0 Å². The van der Waals surface area contributed by atoms with Crippen molar-refractivity contribution in [1.29, 1.82) is 0 Å². The molecule has 0 spiro atoms. The summed E-state index contributed by atoms with van der Waals surface area (Å²) >= 11 is 0. The van der Waals surface area contributed by atoms with E-state index in [2.05, 4.69) is 230 Å². The highest BCUT2D eigenvalue weighted by Gasteiger charge is 2.26. The van der Waals surface area contributed by atoms with E-state index in [1.807, 2.05) is 0 Å². The van der Waals surface area contributed by atoms with Crippen LogP contribution in [0, 0.1) is 0 Å². The molecule has 0 bridgehead atoms. The Morgan fingerprint density at radius 3 is 0.839 bits per heavy atom. The molecule has 2 nitrogen and oxygen atoms in total. The van der Waals surface area contributed by atoms with Gasteiger partial charge in [0.25, 0.3) is 0 Å². The lowest BCUT2D eigenvalue weighted by Gasteiger charge is -2.32. The number of rotatable bonds is 8. The summed E-state index contributed by atoms with van der Waals surface area (Å²) in [7, 11) is 0. The maximum atomic E-state index is 2.55. The van der Waals surface area contributed by atoms with Gasteiger partial charge in [0.15, 0.2) is 0 Å². The van der Waals surface area contributed by atoms with Crippen molar-refractivity contribution in [2.45, 2.75) is 26.7 Å². The van der Waals surface area contributed by atoms with E-state index in [1.165, 1.54) is 121 Å². The van der Waals surface area contributed by atoms with Crippen LogP contribution in [-0.4, -0.2) is 0 Å². The maximum absolute atomic E-state index is 2.55. The quantitative estimate of drug-likeness (QED) is 0.141. The van der Waals surface area contributed by atoms with E-state index in [0.29, 0.717) is 0 Å². The van der Waals surface area contributed by atoms with Gasteiger partial charge in [-0.05, 0) is 103 Å². The molecule has 0 atom stereocenters. The Morgan fingerprint density at radius 2 is 0.532 bits per heavy atom. The average Bonchev–Trinajstić information content (AvgIpc) is 3.34. The van der Waals surface area contributed by atoms with Gasteiger partial charge in [-0.3, -0.25) is 0 Å². The Bertz CT molecular complexity index is 3270. The minimum absolute atomic E-state index is 0.908. The molecule has 0 saturated heterocycles. The molecule has 12 aromatic carbocycles. The second-order valence-electron chi connectivity index (χ2n) is 16.6. The third-order valence-electron chi connectivity index (χ3n) is 13.3. The van der Waals surface area contributed by atoms with Crippen molar-refractivity contribution in [3.8, 4) is 0 Å². The Morgan fingerprint density at radius 1 is 0.258 bits per heavy atom. The summed E-state index contributed by atoms with van der Waals surface area (Å²) in [6, 6.07) is 76.8. The molecule has 0 N–H and O–H groups in total. The molecular formula is C60H44N2. The van der Waals surface area contributed by atoms with Crippen LogP contribution >= 0.6 is 0 Å². The summed E-state index contributed by atoms with van der Waals surface area (Å²) in [4.78, 5) is 5.10. The third-order valence-corrected chi connectivity index (χ3v) is 13.3. The zero-order chi connectivity index (χ0) is 41.3. The van der Waals surface area contributed by atoms with Crippen LogP contribution in [0.15, 0.2) is 206 Å². The second kappa shape index (κ2) is 14.5. The van der Waals surface area contributed by atoms with Gasteiger partial charge in [0, 0.05) is 32.3 Å². The van der Waals surface area contributed by atoms with Crippen molar-refractivity contribution >= 4 is 110 Å². The summed E-state index contributed by atoms with van der Waals surface area (Å²) in [5.41, 5.74) is 9.76. The smallest absolute Gasteiger partial charge is 0.0543 e. The molecule has 0 aliphatic rings. The molecule has 0 fully saturated rings. The number of nitrogens with zero attached hydrogens (tertiary/aromatic N) is 2. The SMILES string of the molecule is CCc1cc(N(c2cccc3ccccc23)c2cccc3ccccc23)c2ccc3c(CC)cc(N(c4cccc5ccccc45)c4cccc5ccccc45)c4ccc1c2c34. The van der Waals surface area contributed by atoms with E-state index in [-0.39, 0.29) is 0 Å². The fourth-order valence-electron chi connectivity index (χ4n) is 10.4. The standard InChI is InChI=1S/C60H44N2/c1-3-39-37-57(61(53-29-13-21-41-17-5-9-25-45(41)53)54-30-14-22-42-18-6-10-26-46(42)54)51-36-34-50-40(4-2)38-58(52-35-33-49(39)59(51)60(50)52)62(55-31-15-23-43-19-7-11-27-47(43)55)56-32-16-24-44-20-8-12-28-48(44)56/h5-38H,3-4H2,1-2H3. The van der Waals surface area contributed by atoms with Crippen molar-refractivity contribution in [3.05, 3.63) is 217 Å². The maximum Gasteiger partial charge on any atom is 0.0543 e. The van der Waals surface area contributed by atoms with Gasteiger partial charge in [-0.1, -0.05) is 184 Å². The largest absolute Gasteiger partial charge is 0.309 e. The van der Waals surface area contributed by atoms with Crippen LogP contribution < -0.4 is 9.80 Å². The number of aryl methyl sites for hydroxylation is 2. The summed E-state index contributed by atoms with van der Waals surface area (Å²) in [6.45, 7) is 4.61. The van der Waals surface area contributed by atoms with E-state index < -0.39 is 0 Å². The van der Waals surface area contributed by atoms with Gasteiger partial charge in [0.1, 0.15) is 0 Å². The predicted octanol–water partition coefficient (Wildman–Crippen LogP) is 17.3. The Kier molecular flexibility index (Phi) is 8.47. The van der Waals surface area contributed by atoms with Crippen molar-refractivity contribution in [1.82, 2.24) is 0 Å². The second-order valence-corrected chi connectivity index (χ2v) is 16.6. The zero-order valence-electron chi connectivity index (χ0n) is 34.9. The highest BCUT2D eigenvalue weighted by Crippen LogP contribution is 2.52. The molecule has 0 heterocycles. The number of hydrogen-bond acceptors (Lipinski definition) is 2. The van der Waals surface area contributed by atoms with Crippen LogP contribution in [-0.2, 0) is 12.8 Å². The summed E-state index contributed by atoms with van der Waals surface area (Å²) in [5, 5.41) is 17.6. The normalized spacial score (nSPS) is 11.8. The first-order chi connectivity index (χ1) is 30.7. The van der Waals surface area contributed by atoms with Gasteiger partial charge in [0.2, 0.25) is 0 Å². The van der Waals surface area contributed by atoms with Gasteiger partial charge >= 0.3 is 0 Å². The van der Waals surface area contributed by atoms with Crippen molar-refractivity contribution in [3.63, 3.8) is 0 Å². The Labute approximate surface area is 361 Å². The number of anilines is 6. The molecule has 0 aromatic heterocycles. The fourth-order valence-corrected chi connectivity index (χ4v) is 10.4. The average molecular weight is 793 g/mol. The molecule has 0 aliphatic carbocycles. The molecule has 0 saturated carbocycles. The molecule has 0 aliphatic heterocycles. The van der Waals surface area contributed by atoms with Crippen LogP contribution in [0.1, 0.15) is 25.0 Å². The van der Waals surface area contributed by atoms with E-state index in [4.69, 9.17) is 0 Å². The number of fused-ring (bicyclic) bond motifs is 4. The molecule has 62 heavy (non-hydrogen) atoms. The van der Waals surface area contributed by atoms with Crippen LogP contribution in [0.3, 0.4) is 0 Å². The first-order valence-corrected chi connectivity index (χ1v) is 22.0. The molecule has 294 valence electrons. The fraction of sp³-hybridized carbons (Fsp3) is 0.0667. The molecular weight excluding hydrogens is 749 g/mol. The molecule has 12 rings (SSSR count). The molecule has 0 radical (unpaired) electrons. The zero-order valence-corrected chi connectivity index (χ0v) is 34.9. The van der Waals surface area contributed by atoms with Crippen LogP contribution in [0.5, 0.6) is 0 Å². The lowest BCUT2D eigenvalue weighted by molar-refractivity contribution is 1.15. The third kappa shape index (κ3) is 5.50. The summed E-state index contributed by atoms with van der Waals surface area (Å²) in [6.07, 6.45) is 1.82. The Balaban J connectivity index is 1.22. The van der Waals surface area contributed by atoms with E-state index in [0.717, 1.165) is 12.8 Å². The summed E-state index contributed by atoms with van der Waals surface area (Å²) in [5.74, 6) is 0. The minimum Gasteiger partial charge on any atom is -0.309 e. The lowest BCUT2D eigenvalue weighted by atomic mass is 9.86. The van der Waals surface area contributed by atoms with Gasteiger partial charge in [-0.25, -0.2) is 0 Å². The molecule has 2 heteroatoms. The predicted molar refractivity (Wildman–Crippen MR) is 268 cm³/mol. The van der Waals surface area contributed by atoms with Crippen LogP contribution in [0.2, 0.25) is 0 Å². The Hall–Kier alpha value is -7.68. The lowest BCUT2D eigenvalue weighted by Crippen LogP contribution is -2.13. The topological polar surface area (TPSA) is 6.48 Å². The van der Waals surface area contributed by atoms with Gasteiger partial charge in [0.05, 0.1) is 34.1 Å². The van der Waals surface area contributed by atoms with Gasteiger partial charge < -0.3 is 9.80 Å². The molecule has 0 unspecified atom stereocenters. The van der Waals surface area contributed by atoms with Crippen molar-refractivity contribution in [2.24, 2.45) is 0 Å². The van der Waals surface area contributed by atoms with E-state index in [9.17, 15) is 0 Å². The van der Waals surface area contributed by atoms with E-state index in [1.54, 1.807) is 0 Å². The van der Waals surface area contributed by atoms with E-state index >= 15 is 0 Å². The monoisotopic (exact) mass is 792 g/mol. The summed E-state index contributed by atoms with van der Waals surface area (Å²) < 4.78 is 0. The van der Waals surface area contributed by atoms with Crippen LogP contribution in [0.25, 0.3) is 75.4 Å². The number of hydrogen-bond donors (Lipinski definition) is 0. The highest BCUT2D eigenvalue weighted by atomic mass is 15.2. The minimum atomic E-state index is 0.908. The van der Waals surface area contributed by atoms with Gasteiger partial charge in [-0.15, -0.1) is 0 Å². The van der Waals surface area contributed by atoms with Crippen molar-refractivity contribution in [2.75, 3.05) is 9.80 Å². The molecule has 12 aromatic rings. The first kappa shape index (κ1) is 36.2.